The summed E-state index contributed by atoms with van der Waals surface area (Å²) in [6.07, 6.45) is 2.18. The number of nitrogens with one attached hydrogen (secondary N) is 2. The van der Waals surface area contributed by atoms with Crippen LogP contribution < -0.4 is 39.4 Å². The summed E-state index contributed by atoms with van der Waals surface area (Å²) in [7, 11) is 2.29. The molecule has 2 aromatic rings. The van der Waals surface area contributed by atoms with Crippen molar-refractivity contribution in [1.82, 2.24) is 14.6 Å². The second-order valence-electron chi connectivity index (χ2n) is 6.48. The Hall–Kier alpha value is -1.43. The Labute approximate surface area is 192 Å². The van der Waals surface area contributed by atoms with Crippen LogP contribution in [0, 0.1) is 0 Å². The van der Waals surface area contributed by atoms with E-state index >= 15 is 0 Å². The minimum atomic E-state index is -3.23. The third kappa shape index (κ3) is 10.8. The molecular formula is C18H26N3NaO6S. The summed E-state index contributed by atoms with van der Waals surface area (Å²) >= 11 is 0. The number of H-pyrrole nitrogens is 1. The van der Waals surface area contributed by atoms with E-state index < -0.39 is 28.4 Å². The molecule has 0 aliphatic carbocycles. The summed E-state index contributed by atoms with van der Waals surface area (Å²) in [6, 6.07) is 5.75. The van der Waals surface area contributed by atoms with Crippen LogP contribution in [0.25, 0.3) is 10.9 Å². The van der Waals surface area contributed by atoms with Crippen LogP contribution in [0.1, 0.15) is 24.0 Å². The molecule has 0 saturated heterocycles. The van der Waals surface area contributed by atoms with Gasteiger partial charge in [0, 0.05) is 29.6 Å². The van der Waals surface area contributed by atoms with Crippen LogP contribution in [0.5, 0.6) is 0 Å². The van der Waals surface area contributed by atoms with Gasteiger partial charge in [0.2, 0.25) is 10.0 Å². The van der Waals surface area contributed by atoms with E-state index in [1.807, 2.05) is 38.5 Å². The molecule has 1 aromatic heterocycles. The van der Waals surface area contributed by atoms with Gasteiger partial charge in [-0.25, -0.2) is 13.1 Å². The topological polar surface area (TPSA) is 143 Å². The Kier molecular flexibility index (Phi) is 12.3. The van der Waals surface area contributed by atoms with Gasteiger partial charge in [-0.1, -0.05) is 6.07 Å². The third-order valence-electron chi connectivity index (χ3n) is 3.87. The summed E-state index contributed by atoms with van der Waals surface area (Å²) in [5.41, 5.74) is 3.07. The molecule has 9 nitrogen and oxygen atoms in total. The number of rotatable bonds is 9. The number of aromatic amines is 1. The van der Waals surface area contributed by atoms with E-state index in [4.69, 9.17) is 5.11 Å². The molecule has 29 heavy (non-hydrogen) atoms. The van der Waals surface area contributed by atoms with E-state index in [0.29, 0.717) is 0 Å². The van der Waals surface area contributed by atoms with Gasteiger partial charge >= 0.3 is 35.5 Å². The first kappa shape index (κ1) is 27.6. The van der Waals surface area contributed by atoms with E-state index in [2.05, 4.69) is 14.6 Å². The molecule has 0 saturated carbocycles. The third-order valence-corrected chi connectivity index (χ3v) is 5.21. The molecule has 0 spiro atoms. The Morgan fingerprint density at radius 2 is 1.90 bits per heavy atom. The van der Waals surface area contributed by atoms with Crippen LogP contribution in [-0.4, -0.2) is 63.0 Å². The molecule has 0 aliphatic heterocycles. The molecule has 11 heteroatoms. The normalized spacial score (nSPS) is 10.9. The van der Waals surface area contributed by atoms with E-state index in [-0.39, 0.29) is 41.7 Å². The zero-order valence-electron chi connectivity index (χ0n) is 17.2. The number of aromatic nitrogens is 1. The van der Waals surface area contributed by atoms with E-state index in [1.54, 1.807) is 0 Å². The molecular weight excluding hydrogens is 409 g/mol. The van der Waals surface area contributed by atoms with Crippen LogP contribution in [-0.2, 0) is 31.8 Å². The summed E-state index contributed by atoms with van der Waals surface area (Å²) in [6.45, 7) is 0.964. The second-order valence-corrected chi connectivity index (χ2v) is 8.40. The van der Waals surface area contributed by atoms with Crippen molar-refractivity contribution in [3.63, 3.8) is 0 Å². The van der Waals surface area contributed by atoms with Gasteiger partial charge in [-0.05, 0) is 57.2 Å². The predicted molar refractivity (Wildman–Crippen MR) is 104 cm³/mol. The molecule has 0 amide bonds. The van der Waals surface area contributed by atoms with Gasteiger partial charge in [-0.3, -0.25) is 4.79 Å². The summed E-state index contributed by atoms with van der Waals surface area (Å²) in [5, 5.41) is 18.5. The average Bonchev–Trinajstić information content (AvgIpc) is 3.00. The van der Waals surface area contributed by atoms with Gasteiger partial charge in [0.25, 0.3) is 0 Å². The number of nitrogens with zero attached hydrogens (tertiary/aromatic N) is 1. The van der Waals surface area contributed by atoms with Gasteiger partial charge in [0.1, 0.15) is 0 Å². The van der Waals surface area contributed by atoms with Crippen LogP contribution in [0.4, 0.5) is 0 Å². The maximum atomic E-state index is 11.6. The van der Waals surface area contributed by atoms with Crippen molar-refractivity contribution in [2.75, 3.05) is 27.7 Å². The van der Waals surface area contributed by atoms with Crippen LogP contribution in [0.3, 0.4) is 0 Å². The van der Waals surface area contributed by atoms with E-state index in [0.717, 1.165) is 29.4 Å². The summed E-state index contributed by atoms with van der Waals surface area (Å²) < 4.78 is 25.6. The smallest absolute Gasteiger partial charge is 0.550 e. The van der Waals surface area contributed by atoms with Gasteiger partial charge in [-0.2, -0.15) is 0 Å². The Morgan fingerprint density at radius 3 is 2.38 bits per heavy atom. The molecule has 1 heterocycles. The Bertz CT molecular complexity index is 897. The van der Waals surface area contributed by atoms with Crippen molar-refractivity contribution in [2.24, 2.45) is 0 Å². The molecule has 156 valence electrons. The van der Waals surface area contributed by atoms with Crippen LogP contribution in [0.15, 0.2) is 24.4 Å². The number of sulfonamides is 1. The first-order valence-electron chi connectivity index (χ1n) is 8.60. The SMILES string of the molecule is CNS(=O)(=O)Cc1ccc2[nH]cc(CCN(C)C)c2c1.O=C([O-])CCC(=O)O.[Na+]. The second kappa shape index (κ2) is 13.0. The maximum Gasteiger partial charge on any atom is 1.00 e. The number of carboxylic acid groups (broad SMARTS) is 2. The van der Waals surface area contributed by atoms with E-state index in [1.165, 1.54) is 12.6 Å². The maximum absolute atomic E-state index is 11.6. The first-order chi connectivity index (χ1) is 13.0. The quantitative estimate of drug-likeness (QED) is 0.355. The largest absolute Gasteiger partial charge is 1.00 e. The number of carboxylic acids is 2. The zero-order valence-corrected chi connectivity index (χ0v) is 20.0. The number of carbonyl (C=O) groups excluding carboxylic acids is 1. The number of aliphatic carboxylic acids is 2. The van der Waals surface area contributed by atoms with Crippen LogP contribution >= 0.6 is 0 Å². The molecule has 0 aliphatic rings. The predicted octanol–water partition coefficient (Wildman–Crippen LogP) is -3.07. The Balaban J connectivity index is 0.000000747. The molecule has 0 radical (unpaired) electrons. The Morgan fingerprint density at radius 1 is 1.24 bits per heavy atom. The average molecular weight is 435 g/mol. The number of benzene rings is 1. The standard InChI is InChI=1S/C14H21N3O2S.C4H6O4.Na/c1-15-20(18,19)10-11-4-5-14-13(8-11)12(9-16-14)6-7-17(2)3;5-3(6)1-2-4(7)8;/h4-5,8-9,15-16H,6-7,10H2,1-3H3;1-2H2,(H,5,6)(H,7,8);/q;;+1/p-1. The van der Waals surface area contributed by atoms with Gasteiger partial charge in [0.05, 0.1) is 12.2 Å². The van der Waals surface area contributed by atoms with Crippen molar-refractivity contribution < 1.29 is 57.8 Å². The number of carbonyl (C=O) groups is 2. The monoisotopic (exact) mass is 435 g/mol. The van der Waals surface area contributed by atoms with Gasteiger partial charge in [0.15, 0.2) is 0 Å². The molecule has 2 rings (SSSR count). The number of hydrogen-bond donors (Lipinski definition) is 3. The molecule has 0 atom stereocenters. The molecule has 3 N–H and O–H groups in total. The van der Waals surface area contributed by atoms with Crippen molar-refractivity contribution in [2.45, 2.75) is 25.0 Å². The fraction of sp³-hybridized carbons (Fsp3) is 0.444. The van der Waals surface area contributed by atoms with Gasteiger partial charge < -0.3 is 24.9 Å². The van der Waals surface area contributed by atoms with Crippen LogP contribution in [0.2, 0.25) is 0 Å². The summed E-state index contributed by atoms with van der Waals surface area (Å²) in [5.74, 6) is -2.43. The molecule has 1 aromatic carbocycles. The van der Waals surface area contributed by atoms with Crippen molar-refractivity contribution in [3.8, 4) is 0 Å². The molecule has 0 bridgehead atoms. The number of likely N-dealkylation sites (N-methyl/N-ethyl adjacent to an activating group) is 1. The number of fused-ring (bicyclic) bond motifs is 1. The van der Waals surface area contributed by atoms with Crippen molar-refractivity contribution >= 4 is 32.9 Å². The number of hydrogen-bond acceptors (Lipinski definition) is 6. The fourth-order valence-corrected chi connectivity index (χ4v) is 3.13. The zero-order chi connectivity index (χ0) is 21.3. The minimum absolute atomic E-state index is 0. The van der Waals surface area contributed by atoms with Crippen molar-refractivity contribution in [1.29, 1.82) is 0 Å². The van der Waals surface area contributed by atoms with E-state index in [9.17, 15) is 23.1 Å². The molecule has 0 unspecified atom stereocenters. The first-order valence-corrected chi connectivity index (χ1v) is 10.3. The van der Waals surface area contributed by atoms with Crippen molar-refractivity contribution in [3.05, 3.63) is 35.5 Å². The fourth-order valence-electron chi connectivity index (χ4n) is 2.37. The summed E-state index contributed by atoms with van der Waals surface area (Å²) in [4.78, 5) is 24.5. The minimum Gasteiger partial charge on any atom is -0.550 e. The van der Waals surface area contributed by atoms with Gasteiger partial charge in [-0.15, -0.1) is 0 Å². The molecule has 0 fully saturated rings.